The second-order valence-electron chi connectivity index (χ2n) is 33.1. The van der Waals surface area contributed by atoms with Gasteiger partial charge in [0.05, 0.1) is 57.4 Å². The maximum Gasteiger partial charge on any atom is 0.414 e. The predicted octanol–water partition coefficient (Wildman–Crippen LogP) is 8.03. The van der Waals surface area contributed by atoms with Crippen LogP contribution in [0.4, 0.5) is 0 Å². The maximum atomic E-state index is 15.7. The SMILES string of the molecule is CCCCCCCCCCNC1(C)CC(OC2C(Oc3c4cc(cc3Oc3ccc([C@@H](O)[C@@H](NC(=O)[C@H](CC(C)C)NC)C(=O)N[C@@H](CC(N)=O)C(N)=O)cc3Cl)[C@@H](C)C(=O)N[C@H]3C(=O)NC(C(=O)N[C@@H](C(=O)O)c5cc(O)cc(O)c5-c5cc3ccc5O)[C@H](O)c3ccc(c(Cl)c3)O4)OC(CSc3n[n+](-c4ccccc4)c(-c4ccccc4)o3)C(O)C2O)OC(C)C1O. The highest BCUT2D eigenvalue weighted by atomic mass is 35.5. The number of primary amides is 2. The van der Waals surface area contributed by atoms with Crippen LogP contribution in [0.1, 0.15) is 170 Å². The van der Waals surface area contributed by atoms with Gasteiger partial charge in [0.1, 0.15) is 77.3 Å². The van der Waals surface area contributed by atoms with Crippen LogP contribution in [0.25, 0.3) is 28.3 Å². The summed E-state index contributed by atoms with van der Waals surface area (Å²) in [5.74, 6) is -15.2. The zero-order valence-corrected chi connectivity index (χ0v) is 74.1. The number of hydrogen-bond donors (Lipinski definition) is 18. The van der Waals surface area contributed by atoms with Crippen LogP contribution >= 0.6 is 35.0 Å². The first-order valence-corrected chi connectivity index (χ1v) is 44.2. The lowest BCUT2D eigenvalue weighted by Crippen LogP contribution is -2.65. The molecule has 0 radical (unpaired) electrons. The average Bonchev–Trinajstić information content (AvgIpc) is 1.35. The number of aromatic hydroxyl groups is 3. The first-order valence-electron chi connectivity index (χ1n) is 42.5. The molecule has 10 unspecified atom stereocenters. The zero-order chi connectivity index (χ0) is 93.0. The molecule has 6 heterocycles. The van der Waals surface area contributed by atoms with Crippen LogP contribution in [-0.2, 0) is 52.6 Å². The molecule has 2 saturated heterocycles. The number of aromatic nitrogens is 2. The van der Waals surface area contributed by atoms with Crippen molar-refractivity contribution in [3.63, 3.8) is 0 Å². The van der Waals surface area contributed by atoms with Crippen molar-refractivity contribution in [2.75, 3.05) is 19.3 Å². The lowest BCUT2D eigenvalue weighted by Gasteiger charge is -2.48. The van der Waals surface area contributed by atoms with E-state index >= 15 is 9.59 Å². The number of carboxylic acid groups (broad SMARTS) is 1. The lowest BCUT2D eigenvalue weighted by atomic mass is 9.85. The number of phenolic OH excluding ortho intramolecular Hbond substituents is 3. The third-order valence-corrected chi connectivity index (χ3v) is 24.6. The number of nitrogens with zero attached hydrogens (tertiary/aromatic N) is 2. The van der Waals surface area contributed by atoms with Crippen molar-refractivity contribution in [2.45, 2.75) is 227 Å². The molecule has 0 saturated carbocycles. The van der Waals surface area contributed by atoms with Crippen molar-refractivity contribution in [2.24, 2.45) is 17.4 Å². The molecule has 129 heavy (non-hydrogen) atoms. The van der Waals surface area contributed by atoms with Crippen LogP contribution in [0.2, 0.25) is 10.0 Å². The van der Waals surface area contributed by atoms with Gasteiger partial charge >= 0.3 is 17.1 Å². The van der Waals surface area contributed by atoms with Crippen molar-refractivity contribution in [1.29, 1.82) is 0 Å². The Kier molecular flexibility index (Phi) is 32.3. The number of aliphatic hydroxyl groups is 5. The summed E-state index contributed by atoms with van der Waals surface area (Å²) < 4.78 is 49.2. The molecule has 20 N–H and O–H groups in total. The first-order chi connectivity index (χ1) is 61.5. The van der Waals surface area contributed by atoms with Gasteiger partial charge in [-0.2, -0.15) is 0 Å². The Labute approximate surface area is 757 Å². The van der Waals surface area contributed by atoms with E-state index in [2.05, 4.69) is 44.1 Å². The average molecular weight is 1840 g/mol. The number of halogens is 2. The minimum atomic E-state index is -2.19. The molecule has 5 aliphatic heterocycles. The van der Waals surface area contributed by atoms with Crippen molar-refractivity contribution in [3.05, 3.63) is 177 Å². The van der Waals surface area contributed by atoms with Gasteiger partial charge in [-0.15, -0.1) is 0 Å². The van der Waals surface area contributed by atoms with Gasteiger partial charge in [0, 0.05) is 52.6 Å². The minimum absolute atomic E-state index is 0.0658. The number of hydrogen-bond acceptors (Lipinski definition) is 27. The second kappa shape index (κ2) is 43.0. The largest absolute Gasteiger partial charge is 0.508 e. The number of rotatable bonds is 34. The molecular weight excluding hydrogens is 1730 g/mol. The Morgan fingerprint density at radius 2 is 1.42 bits per heavy atom. The molecule has 13 rings (SSSR count). The van der Waals surface area contributed by atoms with E-state index in [9.17, 15) is 74.7 Å². The van der Waals surface area contributed by atoms with Crippen molar-refractivity contribution in [1.82, 2.24) is 42.3 Å². The second-order valence-corrected chi connectivity index (χ2v) is 34.9. The molecule has 18 atom stereocenters. The number of aliphatic hydroxyl groups excluding tert-OH is 5. The smallest absolute Gasteiger partial charge is 0.414 e. The third kappa shape index (κ3) is 23.1. The van der Waals surface area contributed by atoms with Gasteiger partial charge in [-0.25, -0.2) is 4.79 Å². The highest BCUT2D eigenvalue weighted by molar-refractivity contribution is 7.99. The molecule has 1 aromatic heterocycles. The number of carbonyl (C=O) groups is 8. The Bertz CT molecular complexity index is 5320. The van der Waals surface area contributed by atoms with Crippen molar-refractivity contribution < 1.29 is 122 Å². The van der Waals surface area contributed by atoms with Gasteiger partial charge in [-0.05, 0) is 147 Å². The van der Waals surface area contributed by atoms with Crippen LogP contribution in [0.5, 0.6) is 46.0 Å². The molecule has 38 heteroatoms. The number of nitrogens with two attached hydrogens (primary N) is 2. The van der Waals surface area contributed by atoms with Crippen LogP contribution in [0, 0.1) is 5.92 Å². The number of para-hydroxylation sites is 1. The number of fused-ring (bicyclic) bond motifs is 8. The monoisotopic (exact) mass is 1840 g/mol. The standard InChI is InChI=1S/C91H107Cl2N11O24S/c1-8-9-10-11-12-13-14-21-32-97-91(6)42-68(122-46(5)80(91)113)126-79-77(112)76(111)66(43-129-90-103-104(52-24-19-16-20-25-52)87(128-90)47-22-17-15-18-23-47)125-89(79)127-78-64(123-62-30-27-49(35-56(62)92)74(109)72(101-83(116)59(96-7)33-44(2)3)85(118)98-58(81(95)114)41-67(94)108)37-51-38-65(78)124-63-31-28-50(36-57(63)93)75(110)73-86(119)100-71(88(120)121)55-39-53(105)40-61(107)69(55)54-34-48(26-29-60(54)106)70(84(117)102-73)99-82(115)45(51)4/h15-20,22-31,34-40,44-46,58-59,66,68,70-77,79-80,89,96-97,109-113H,8-14,21,32-33,41-43H2,1-7H3,(H12-,94,95,98,99,100,101,102,105,106,107,108,114,115,116,117,118,119,120,121)/p+1/t45-,46?,58+,59+,66?,68?,70-,71-,72-,73?,74-,75-,76?,77?,79?,80?,89?,91?/m1/s1. The molecule has 35 nitrogen and oxygen atoms in total. The summed E-state index contributed by atoms with van der Waals surface area (Å²) >= 11 is 15.6. The molecule has 8 bridgehead atoms. The molecule has 5 aliphatic rings. The predicted molar refractivity (Wildman–Crippen MR) is 470 cm³/mol. The number of carbonyl (C=O) groups excluding carboxylic acids is 7. The first kappa shape index (κ1) is 96.8. The number of phenols is 3. The van der Waals surface area contributed by atoms with E-state index in [-0.39, 0.29) is 79.1 Å². The van der Waals surface area contributed by atoms with E-state index in [1.807, 2.05) is 81.4 Å². The molecule has 7 amide bonds. The van der Waals surface area contributed by atoms with Crippen molar-refractivity contribution in [3.8, 4) is 74.3 Å². The van der Waals surface area contributed by atoms with Gasteiger partial charge in [-0.3, -0.25) is 33.6 Å². The number of nitrogens with one attached hydrogen (secondary N) is 7. The highest BCUT2D eigenvalue weighted by Gasteiger charge is 2.53. The molecule has 2 fully saturated rings. The Morgan fingerprint density at radius 3 is 2.09 bits per heavy atom. The topological polar surface area (TPSA) is 540 Å². The molecule has 0 aliphatic carbocycles. The van der Waals surface area contributed by atoms with Gasteiger partial charge in [0.15, 0.2) is 29.9 Å². The summed E-state index contributed by atoms with van der Waals surface area (Å²) in [5.41, 5.74) is 9.26. The number of amides is 7. The maximum absolute atomic E-state index is 15.7. The lowest BCUT2D eigenvalue weighted by molar-refractivity contribution is -0.650. The number of ether oxygens (including phenoxy) is 6. The molecular formula is C91H108Cl2N11O24S+. The minimum Gasteiger partial charge on any atom is -0.508 e. The van der Waals surface area contributed by atoms with Crippen LogP contribution < -0.4 is 67.6 Å². The van der Waals surface area contributed by atoms with Gasteiger partial charge < -0.3 is 127 Å². The summed E-state index contributed by atoms with van der Waals surface area (Å²) in [7, 11) is 1.50. The quantitative estimate of drug-likeness (QED) is 0.0103. The van der Waals surface area contributed by atoms with E-state index in [4.69, 9.17) is 72.6 Å². The fraction of sp³-hybridized carbons (Fsp3) is 0.429. The number of carboxylic acids is 1. The number of thioether (sulfide) groups is 1. The van der Waals surface area contributed by atoms with Gasteiger partial charge in [-0.1, -0.05) is 155 Å². The molecule has 7 aromatic carbocycles. The normalized spacial score (nSPS) is 23.7. The van der Waals surface area contributed by atoms with E-state index in [0.29, 0.717) is 23.7 Å². The number of likely N-dealkylation sites (N-methyl/N-ethyl adjacent to an activating group) is 1. The fourth-order valence-electron chi connectivity index (χ4n) is 16.0. The third-order valence-electron chi connectivity index (χ3n) is 23.1. The summed E-state index contributed by atoms with van der Waals surface area (Å²) in [5, 5.41) is 130. The molecule has 0 spiro atoms. The van der Waals surface area contributed by atoms with E-state index in [1.54, 1.807) is 11.6 Å². The van der Waals surface area contributed by atoms with Crippen molar-refractivity contribution >= 4 is 82.3 Å². The van der Waals surface area contributed by atoms with E-state index < -0.39 is 208 Å². The number of benzene rings is 7. The van der Waals surface area contributed by atoms with Crippen LogP contribution in [0.15, 0.2) is 149 Å². The van der Waals surface area contributed by atoms with E-state index in [0.717, 1.165) is 99.5 Å². The Balaban J connectivity index is 1.01. The van der Waals surface area contributed by atoms with Crippen LogP contribution in [-0.4, -0.2) is 197 Å². The summed E-state index contributed by atoms with van der Waals surface area (Å²) in [6.45, 7) is 11.2. The Hall–Kier alpha value is -11.2. The summed E-state index contributed by atoms with van der Waals surface area (Å²) in [4.78, 5) is 113. The summed E-state index contributed by atoms with van der Waals surface area (Å²) in [6, 6.07) is 22.3. The molecule has 8 aromatic rings. The fourth-order valence-corrected chi connectivity index (χ4v) is 17.3. The number of unbranched alkanes of at least 4 members (excludes halogenated alkanes) is 7. The zero-order valence-electron chi connectivity index (χ0n) is 71.7. The van der Waals surface area contributed by atoms with Gasteiger partial charge in [0.25, 0.3) is 0 Å². The highest BCUT2D eigenvalue weighted by Crippen LogP contribution is 2.50. The molecule has 690 valence electrons. The van der Waals surface area contributed by atoms with Gasteiger partial charge in [0.2, 0.25) is 59.1 Å². The number of aliphatic carboxylic acids is 1. The summed E-state index contributed by atoms with van der Waals surface area (Å²) in [6.07, 6.45) is -8.90. The van der Waals surface area contributed by atoms with Crippen LogP contribution in [0.3, 0.4) is 0 Å². The van der Waals surface area contributed by atoms with E-state index in [1.165, 1.54) is 56.4 Å². The Morgan fingerprint density at radius 1 is 0.721 bits per heavy atom.